The lowest BCUT2D eigenvalue weighted by Gasteiger charge is -1.86. The van der Waals surface area contributed by atoms with Crippen molar-refractivity contribution in [2.24, 2.45) is 0 Å². The molecule has 0 aliphatic carbocycles. The third-order valence-corrected chi connectivity index (χ3v) is 0.803. The summed E-state index contributed by atoms with van der Waals surface area (Å²) in [6, 6.07) is 0. The Kier molecular flexibility index (Phi) is 9.85. The molecule has 0 aromatic heterocycles. The molecule has 0 atom stereocenters. The molecule has 0 bridgehead atoms. The van der Waals surface area contributed by atoms with Crippen LogP contribution in [0.3, 0.4) is 0 Å². The van der Waals surface area contributed by atoms with Gasteiger partial charge in [-0.25, -0.2) is 0 Å². The van der Waals surface area contributed by atoms with Gasteiger partial charge in [0.1, 0.15) is 0 Å². The van der Waals surface area contributed by atoms with E-state index in [2.05, 4.69) is 4.43 Å². The highest BCUT2D eigenvalue weighted by atomic mass is 28.3. The maximum Gasteiger partial charge on any atom is 0.764 e. The van der Waals surface area contributed by atoms with Crippen molar-refractivity contribution in [3.05, 3.63) is 0 Å². The SMILES string of the molecule is CCO[Si](=O)O.O=[Si](O)O. The molecule has 0 saturated carbocycles. The van der Waals surface area contributed by atoms with Crippen molar-refractivity contribution >= 4 is 18.3 Å². The topological polar surface area (TPSA) is 104 Å². The van der Waals surface area contributed by atoms with Gasteiger partial charge in [-0.05, 0) is 6.92 Å². The van der Waals surface area contributed by atoms with Crippen LogP contribution in [-0.2, 0) is 13.3 Å². The second kappa shape index (κ2) is 8.23. The summed E-state index contributed by atoms with van der Waals surface area (Å²) in [5.41, 5.74) is 0. The summed E-state index contributed by atoms with van der Waals surface area (Å²) in [5, 5.41) is 0. The van der Waals surface area contributed by atoms with Crippen molar-refractivity contribution in [3.63, 3.8) is 0 Å². The Morgan fingerprint density at radius 1 is 1.30 bits per heavy atom. The van der Waals surface area contributed by atoms with Crippen LogP contribution in [0.15, 0.2) is 0 Å². The van der Waals surface area contributed by atoms with Gasteiger partial charge in [0.2, 0.25) is 0 Å². The maximum absolute atomic E-state index is 9.56. The van der Waals surface area contributed by atoms with E-state index in [9.17, 15) is 4.46 Å². The summed E-state index contributed by atoms with van der Waals surface area (Å²) in [7, 11) is -5.77. The molecular formula is C2H8O6Si2. The van der Waals surface area contributed by atoms with E-state index in [-0.39, 0.29) is 0 Å². The van der Waals surface area contributed by atoms with E-state index in [1.165, 1.54) is 0 Å². The Bertz CT molecular complexity index is 108. The minimum absolute atomic E-state index is 0.314. The number of hydrogen-bond donors (Lipinski definition) is 3. The average Bonchev–Trinajstić information content (AvgIpc) is 1.62. The molecule has 10 heavy (non-hydrogen) atoms. The molecule has 0 aromatic carbocycles. The maximum atomic E-state index is 9.56. The van der Waals surface area contributed by atoms with E-state index in [1.807, 2.05) is 0 Å². The first kappa shape index (κ1) is 12.0. The highest BCUT2D eigenvalue weighted by Gasteiger charge is 1.97. The van der Waals surface area contributed by atoms with Crippen molar-refractivity contribution < 1.29 is 27.7 Å². The molecule has 0 radical (unpaired) electrons. The molecule has 6 nitrogen and oxygen atoms in total. The van der Waals surface area contributed by atoms with Crippen LogP contribution in [0.5, 0.6) is 0 Å². The van der Waals surface area contributed by atoms with Gasteiger partial charge >= 0.3 is 18.3 Å². The fraction of sp³-hybridized carbons (Fsp3) is 1.00. The van der Waals surface area contributed by atoms with E-state index >= 15 is 0 Å². The summed E-state index contributed by atoms with van der Waals surface area (Å²) in [6.07, 6.45) is 0. The van der Waals surface area contributed by atoms with Gasteiger partial charge in [0.15, 0.2) is 0 Å². The molecule has 8 heteroatoms. The van der Waals surface area contributed by atoms with Gasteiger partial charge < -0.3 is 18.8 Å². The number of hydrogen-bond acceptors (Lipinski definition) is 3. The lowest BCUT2D eigenvalue weighted by Crippen LogP contribution is -2.03. The molecule has 0 unspecified atom stereocenters. The largest absolute Gasteiger partial charge is 0.764 e. The van der Waals surface area contributed by atoms with Crippen molar-refractivity contribution in [3.8, 4) is 0 Å². The van der Waals surface area contributed by atoms with Crippen molar-refractivity contribution in [1.82, 2.24) is 0 Å². The standard InChI is InChI=1S/C2H6O3Si.H2O3Si/c1-2-5-6(3)4;1-4(2)3/h3H,2H2,1H3;1-2H. The van der Waals surface area contributed by atoms with Crippen LogP contribution in [0.4, 0.5) is 0 Å². The first-order chi connectivity index (χ1) is 4.50. The number of rotatable bonds is 2. The molecular weight excluding hydrogens is 176 g/mol. The summed E-state index contributed by atoms with van der Waals surface area (Å²) < 4.78 is 22.4. The van der Waals surface area contributed by atoms with Gasteiger partial charge in [0.25, 0.3) is 0 Å². The van der Waals surface area contributed by atoms with Gasteiger partial charge in [-0.1, -0.05) is 0 Å². The summed E-state index contributed by atoms with van der Waals surface area (Å²) in [5.74, 6) is 0. The molecule has 0 fully saturated rings. The molecule has 0 rings (SSSR count). The van der Waals surface area contributed by atoms with Crippen molar-refractivity contribution in [2.45, 2.75) is 6.92 Å². The van der Waals surface area contributed by atoms with Gasteiger partial charge in [-0.3, -0.25) is 8.92 Å². The third-order valence-electron chi connectivity index (χ3n) is 0.268. The molecule has 3 N–H and O–H groups in total. The van der Waals surface area contributed by atoms with Gasteiger partial charge in [0.05, 0.1) is 6.61 Å². The Labute approximate surface area is 60.5 Å². The normalized spacial score (nSPS) is 6.90. The smallest absolute Gasteiger partial charge is 0.511 e. The van der Waals surface area contributed by atoms with Gasteiger partial charge in [-0.2, -0.15) is 0 Å². The first-order valence-electron chi connectivity index (χ1n) is 2.28. The van der Waals surface area contributed by atoms with Crippen LogP contribution in [-0.4, -0.2) is 39.3 Å². The Balaban J connectivity index is 0. The first-order valence-corrected chi connectivity index (χ1v) is 4.85. The van der Waals surface area contributed by atoms with E-state index < -0.39 is 18.3 Å². The third kappa shape index (κ3) is 56.3. The molecule has 0 aliphatic rings. The van der Waals surface area contributed by atoms with E-state index in [4.69, 9.17) is 18.8 Å². The molecule has 0 spiro atoms. The van der Waals surface area contributed by atoms with E-state index in [1.54, 1.807) is 6.92 Å². The molecule has 0 heterocycles. The van der Waals surface area contributed by atoms with Crippen molar-refractivity contribution in [1.29, 1.82) is 0 Å². The van der Waals surface area contributed by atoms with Crippen LogP contribution in [0, 0.1) is 0 Å². The van der Waals surface area contributed by atoms with E-state index in [0.717, 1.165) is 0 Å². The van der Waals surface area contributed by atoms with E-state index in [0.29, 0.717) is 6.61 Å². The van der Waals surface area contributed by atoms with Gasteiger partial charge in [-0.15, -0.1) is 0 Å². The van der Waals surface area contributed by atoms with Crippen LogP contribution < -0.4 is 0 Å². The molecule has 0 aliphatic heterocycles. The van der Waals surface area contributed by atoms with Crippen LogP contribution in [0.25, 0.3) is 0 Å². The zero-order valence-corrected chi connectivity index (χ0v) is 7.27. The highest BCUT2D eigenvalue weighted by Crippen LogP contribution is 1.63. The molecule has 0 aromatic rings. The molecule has 0 saturated heterocycles. The minimum atomic E-state index is -3.13. The van der Waals surface area contributed by atoms with Gasteiger partial charge in [0, 0.05) is 0 Å². The summed E-state index contributed by atoms with van der Waals surface area (Å²) in [6.45, 7) is 1.98. The van der Waals surface area contributed by atoms with Crippen LogP contribution in [0.2, 0.25) is 0 Å². The Morgan fingerprint density at radius 3 is 1.60 bits per heavy atom. The Hall–Kier alpha value is -0.766. The average molecular weight is 184 g/mol. The predicted octanol–water partition coefficient (Wildman–Crippen LogP) is -2.18. The summed E-state index contributed by atoms with van der Waals surface area (Å²) >= 11 is 0. The lowest BCUT2D eigenvalue weighted by atomic mass is 10.9. The zero-order chi connectivity index (χ0) is 8.57. The second-order valence-electron chi connectivity index (χ2n) is 0.981. The van der Waals surface area contributed by atoms with Crippen molar-refractivity contribution in [2.75, 3.05) is 6.61 Å². The fourth-order valence-corrected chi connectivity index (χ4v) is 0.370. The molecule has 60 valence electrons. The lowest BCUT2D eigenvalue weighted by molar-refractivity contribution is 0.236. The zero-order valence-electron chi connectivity index (χ0n) is 5.27. The highest BCUT2D eigenvalue weighted by molar-refractivity contribution is 6.24. The summed E-state index contributed by atoms with van der Waals surface area (Å²) in [4.78, 5) is 22.2. The second-order valence-corrected chi connectivity index (χ2v) is 2.37. The molecule has 0 amide bonds. The minimum Gasteiger partial charge on any atom is -0.511 e. The van der Waals surface area contributed by atoms with Crippen LogP contribution >= 0.6 is 0 Å². The Morgan fingerprint density at radius 2 is 1.60 bits per heavy atom. The predicted molar refractivity (Wildman–Crippen MR) is 31.2 cm³/mol. The monoisotopic (exact) mass is 184 g/mol. The fourth-order valence-electron chi connectivity index (χ4n) is 0.123. The quantitative estimate of drug-likeness (QED) is 0.421. The van der Waals surface area contributed by atoms with Crippen LogP contribution in [0.1, 0.15) is 6.92 Å².